The molecule has 6 heteroatoms. The Balaban J connectivity index is 2.34. The Labute approximate surface area is 122 Å². The maximum Gasteiger partial charge on any atom is 0.240 e. The topological polar surface area (TPSA) is 35.5 Å². The Morgan fingerprint density at radius 1 is 1.35 bits per heavy atom. The maximum atomic E-state index is 12.9. The number of nitrogens with zero attached hydrogens (tertiary/aromatic N) is 1. The van der Waals surface area contributed by atoms with E-state index >= 15 is 0 Å². The van der Waals surface area contributed by atoms with Crippen LogP contribution in [0.4, 0.5) is 8.78 Å². The molecule has 20 heavy (non-hydrogen) atoms. The minimum absolute atomic E-state index is 0.0681. The molecule has 1 atom stereocenters. The van der Waals surface area contributed by atoms with Gasteiger partial charge in [0.1, 0.15) is 5.75 Å². The van der Waals surface area contributed by atoms with Crippen molar-refractivity contribution in [2.75, 3.05) is 26.2 Å². The SMILES string of the molecule is Cc1cc(Cl)cc([C@@H](CC(F)F)N2CCNCC2)c1O. The van der Waals surface area contributed by atoms with Crippen LogP contribution < -0.4 is 5.32 Å². The van der Waals surface area contributed by atoms with E-state index in [0.29, 0.717) is 29.2 Å². The highest BCUT2D eigenvalue weighted by Gasteiger charge is 2.28. The fourth-order valence-electron chi connectivity index (χ4n) is 2.65. The summed E-state index contributed by atoms with van der Waals surface area (Å²) in [5.74, 6) is 0.0681. The molecule has 0 amide bonds. The van der Waals surface area contributed by atoms with Crippen molar-refractivity contribution in [1.82, 2.24) is 10.2 Å². The number of nitrogens with one attached hydrogen (secondary N) is 1. The van der Waals surface area contributed by atoms with Gasteiger partial charge >= 0.3 is 0 Å². The van der Waals surface area contributed by atoms with E-state index in [-0.39, 0.29) is 12.2 Å². The first kappa shape index (κ1) is 15.5. The van der Waals surface area contributed by atoms with Gasteiger partial charge < -0.3 is 10.4 Å². The Kier molecular flexibility index (Phi) is 5.18. The number of benzene rings is 1. The summed E-state index contributed by atoms with van der Waals surface area (Å²) < 4.78 is 25.8. The minimum atomic E-state index is -2.42. The van der Waals surface area contributed by atoms with Crippen molar-refractivity contribution < 1.29 is 13.9 Å². The standard InChI is InChI=1S/C14H19ClF2N2O/c1-9-6-10(15)7-11(14(9)20)12(8-13(16)17)19-4-2-18-3-5-19/h6-7,12-13,18,20H,2-5,8H2,1H3/t12-/m1/s1. The van der Waals surface area contributed by atoms with Crippen LogP contribution >= 0.6 is 11.6 Å². The molecule has 0 bridgehead atoms. The number of phenols is 1. The molecular weight excluding hydrogens is 286 g/mol. The summed E-state index contributed by atoms with van der Waals surface area (Å²) in [5, 5.41) is 13.8. The van der Waals surface area contributed by atoms with E-state index in [2.05, 4.69) is 5.32 Å². The summed E-state index contributed by atoms with van der Waals surface area (Å²) in [7, 11) is 0. The van der Waals surface area contributed by atoms with E-state index in [4.69, 9.17) is 11.6 Å². The lowest BCUT2D eigenvalue weighted by Crippen LogP contribution is -2.45. The quantitative estimate of drug-likeness (QED) is 0.898. The van der Waals surface area contributed by atoms with Crippen molar-refractivity contribution in [2.24, 2.45) is 0 Å². The van der Waals surface area contributed by atoms with Crippen LogP contribution in [0, 0.1) is 6.92 Å². The molecule has 0 radical (unpaired) electrons. The van der Waals surface area contributed by atoms with Crippen molar-refractivity contribution in [3.05, 3.63) is 28.3 Å². The van der Waals surface area contributed by atoms with Crippen LogP contribution in [-0.2, 0) is 0 Å². The van der Waals surface area contributed by atoms with Gasteiger partial charge in [-0.2, -0.15) is 0 Å². The highest BCUT2D eigenvalue weighted by Crippen LogP contribution is 2.37. The van der Waals surface area contributed by atoms with Crippen LogP contribution in [0.1, 0.15) is 23.6 Å². The summed E-state index contributed by atoms with van der Waals surface area (Å²) in [6, 6.07) is 2.73. The Morgan fingerprint density at radius 2 is 2.00 bits per heavy atom. The van der Waals surface area contributed by atoms with Gasteiger partial charge in [-0.05, 0) is 24.6 Å². The summed E-state index contributed by atoms with van der Waals surface area (Å²) in [6.07, 6.45) is -2.72. The van der Waals surface area contributed by atoms with Gasteiger partial charge in [-0.25, -0.2) is 8.78 Å². The Bertz CT molecular complexity index is 465. The predicted molar refractivity (Wildman–Crippen MR) is 75.7 cm³/mol. The van der Waals surface area contributed by atoms with Crippen molar-refractivity contribution in [3.63, 3.8) is 0 Å². The third-order valence-corrected chi connectivity index (χ3v) is 3.87. The first-order chi connectivity index (χ1) is 9.49. The minimum Gasteiger partial charge on any atom is -0.507 e. The van der Waals surface area contributed by atoms with E-state index in [1.54, 1.807) is 19.1 Å². The number of phenolic OH excluding ortho intramolecular Hbond substituents is 1. The van der Waals surface area contributed by atoms with Crippen molar-refractivity contribution in [3.8, 4) is 5.75 Å². The normalized spacial score (nSPS) is 18.4. The second-order valence-corrected chi connectivity index (χ2v) is 5.53. The lowest BCUT2D eigenvalue weighted by atomic mass is 9.98. The molecule has 0 aliphatic carbocycles. The number of hydrogen-bond acceptors (Lipinski definition) is 3. The summed E-state index contributed by atoms with van der Waals surface area (Å²) in [6.45, 7) is 4.62. The van der Waals surface area contributed by atoms with Gasteiger partial charge in [0.25, 0.3) is 0 Å². The summed E-state index contributed by atoms with van der Waals surface area (Å²) in [4.78, 5) is 1.98. The average Bonchev–Trinajstić information content (AvgIpc) is 2.41. The molecule has 3 nitrogen and oxygen atoms in total. The second-order valence-electron chi connectivity index (χ2n) is 5.09. The number of halogens is 3. The van der Waals surface area contributed by atoms with Crippen molar-refractivity contribution in [1.29, 1.82) is 0 Å². The molecule has 1 aromatic rings. The van der Waals surface area contributed by atoms with E-state index in [1.807, 2.05) is 4.90 Å². The zero-order valence-corrected chi connectivity index (χ0v) is 12.1. The number of piperazine rings is 1. The van der Waals surface area contributed by atoms with Gasteiger partial charge in [-0.3, -0.25) is 4.90 Å². The van der Waals surface area contributed by atoms with Crippen LogP contribution in [0.5, 0.6) is 5.75 Å². The Morgan fingerprint density at radius 3 is 2.60 bits per heavy atom. The van der Waals surface area contributed by atoms with Crippen LogP contribution in [0.2, 0.25) is 5.02 Å². The van der Waals surface area contributed by atoms with Crippen molar-refractivity contribution >= 4 is 11.6 Å². The molecule has 1 aliphatic rings. The monoisotopic (exact) mass is 304 g/mol. The largest absolute Gasteiger partial charge is 0.507 e. The highest BCUT2D eigenvalue weighted by molar-refractivity contribution is 6.30. The smallest absolute Gasteiger partial charge is 0.240 e. The molecule has 0 unspecified atom stereocenters. The van der Waals surface area contributed by atoms with Gasteiger partial charge in [-0.15, -0.1) is 0 Å². The van der Waals surface area contributed by atoms with Gasteiger partial charge in [0.05, 0.1) is 0 Å². The van der Waals surface area contributed by atoms with E-state index < -0.39 is 12.5 Å². The zero-order chi connectivity index (χ0) is 14.7. The lowest BCUT2D eigenvalue weighted by Gasteiger charge is -2.35. The number of hydrogen-bond donors (Lipinski definition) is 2. The first-order valence-electron chi connectivity index (χ1n) is 6.71. The fourth-order valence-corrected chi connectivity index (χ4v) is 2.93. The van der Waals surface area contributed by atoms with Crippen LogP contribution in [0.15, 0.2) is 12.1 Å². The third kappa shape index (κ3) is 3.59. The third-order valence-electron chi connectivity index (χ3n) is 3.65. The zero-order valence-electron chi connectivity index (χ0n) is 11.4. The predicted octanol–water partition coefficient (Wildman–Crippen LogP) is 2.96. The number of aryl methyl sites for hydroxylation is 1. The molecular formula is C14H19ClF2N2O. The highest BCUT2D eigenvalue weighted by atomic mass is 35.5. The average molecular weight is 305 g/mol. The van der Waals surface area contributed by atoms with Crippen LogP contribution in [0.25, 0.3) is 0 Å². The molecule has 0 aromatic heterocycles. The molecule has 1 aromatic carbocycles. The van der Waals surface area contributed by atoms with Gasteiger partial charge in [0, 0.05) is 49.2 Å². The van der Waals surface area contributed by atoms with Crippen molar-refractivity contribution in [2.45, 2.75) is 25.8 Å². The molecule has 1 fully saturated rings. The van der Waals surface area contributed by atoms with Gasteiger partial charge in [0.15, 0.2) is 0 Å². The molecule has 1 saturated heterocycles. The van der Waals surface area contributed by atoms with E-state index in [0.717, 1.165) is 13.1 Å². The summed E-state index contributed by atoms with van der Waals surface area (Å²) >= 11 is 6.01. The lowest BCUT2D eigenvalue weighted by molar-refractivity contribution is 0.0729. The molecule has 2 rings (SSSR count). The first-order valence-corrected chi connectivity index (χ1v) is 7.08. The molecule has 112 valence electrons. The summed E-state index contributed by atoms with van der Waals surface area (Å²) in [5.41, 5.74) is 1.11. The molecule has 0 spiro atoms. The van der Waals surface area contributed by atoms with Gasteiger partial charge in [-0.1, -0.05) is 11.6 Å². The van der Waals surface area contributed by atoms with Crippen LogP contribution in [-0.4, -0.2) is 42.6 Å². The Hall–Kier alpha value is -0.910. The number of alkyl halides is 2. The second kappa shape index (κ2) is 6.70. The fraction of sp³-hybridized carbons (Fsp3) is 0.571. The van der Waals surface area contributed by atoms with E-state index in [9.17, 15) is 13.9 Å². The molecule has 1 heterocycles. The van der Waals surface area contributed by atoms with E-state index in [1.165, 1.54) is 0 Å². The molecule has 0 saturated carbocycles. The number of rotatable bonds is 4. The molecule has 1 aliphatic heterocycles. The number of aromatic hydroxyl groups is 1. The van der Waals surface area contributed by atoms with Gasteiger partial charge in [0.2, 0.25) is 6.43 Å². The maximum absolute atomic E-state index is 12.9. The molecule has 2 N–H and O–H groups in total. The van der Waals surface area contributed by atoms with Crippen LogP contribution in [0.3, 0.4) is 0 Å².